The van der Waals surface area contributed by atoms with E-state index in [0.29, 0.717) is 25.6 Å². The number of ether oxygens (including phenoxy) is 1. The highest BCUT2D eigenvalue weighted by molar-refractivity contribution is 7.99. The highest BCUT2D eigenvalue weighted by Gasteiger charge is 2.21. The molecular weight excluding hydrogens is 238 g/mol. The van der Waals surface area contributed by atoms with Crippen LogP contribution in [0.3, 0.4) is 0 Å². The van der Waals surface area contributed by atoms with Gasteiger partial charge in [-0.05, 0) is 26.1 Å². The van der Waals surface area contributed by atoms with Crippen molar-refractivity contribution in [3.8, 4) is 0 Å². The molecule has 0 N–H and O–H groups in total. The standard InChI is InChI=1S/C12H21NO3S/c1-3-16-12(15)5-4-11(14)8-13(2)10-6-7-17-9-10/h10H,3-9H2,1-2H3. The van der Waals surface area contributed by atoms with Crippen LogP contribution in [-0.2, 0) is 14.3 Å². The third kappa shape index (κ3) is 5.55. The second kappa shape index (κ2) is 7.71. The van der Waals surface area contributed by atoms with Crippen molar-refractivity contribution in [2.75, 3.05) is 31.7 Å². The van der Waals surface area contributed by atoms with Crippen LogP contribution in [0.5, 0.6) is 0 Å². The van der Waals surface area contributed by atoms with Gasteiger partial charge in [-0.3, -0.25) is 14.5 Å². The first-order chi connectivity index (χ1) is 8.13. The maximum Gasteiger partial charge on any atom is 0.306 e. The zero-order valence-corrected chi connectivity index (χ0v) is 11.4. The fourth-order valence-corrected chi connectivity index (χ4v) is 3.13. The largest absolute Gasteiger partial charge is 0.466 e. The SMILES string of the molecule is CCOC(=O)CCC(=O)CN(C)C1CCSC1. The zero-order chi connectivity index (χ0) is 12.7. The predicted octanol–water partition coefficient (Wildman–Crippen LogP) is 1.34. The summed E-state index contributed by atoms with van der Waals surface area (Å²) in [7, 11) is 1.98. The molecule has 1 rings (SSSR count). The first kappa shape index (κ1) is 14.5. The molecule has 0 amide bonds. The Morgan fingerprint density at radius 1 is 1.41 bits per heavy atom. The van der Waals surface area contributed by atoms with Crippen LogP contribution >= 0.6 is 11.8 Å². The molecule has 0 aromatic rings. The molecule has 0 radical (unpaired) electrons. The molecule has 0 aliphatic carbocycles. The second-order valence-corrected chi connectivity index (χ2v) is 5.43. The van der Waals surface area contributed by atoms with Crippen LogP contribution in [0.4, 0.5) is 0 Å². The van der Waals surface area contributed by atoms with Gasteiger partial charge in [-0.1, -0.05) is 0 Å². The topological polar surface area (TPSA) is 46.6 Å². The molecule has 1 aliphatic heterocycles. The van der Waals surface area contributed by atoms with Crippen LogP contribution in [0.2, 0.25) is 0 Å². The van der Waals surface area contributed by atoms with Crippen LogP contribution in [0.15, 0.2) is 0 Å². The Bertz CT molecular complexity index is 264. The average molecular weight is 259 g/mol. The molecule has 1 saturated heterocycles. The molecule has 1 aliphatic rings. The van der Waals surface area contributed by atoms with E-state index in [2.05, 4.69) is 4.90 Å². The fraction of sp³-hybridized carbons (Fsp3) is 0.833. The molecular formula is C12H21NO3S. The quantitative estimate of drug-likeness (QED) is 0.646. The van der Waals surface area contributed by atoms with Crippen molar-refractivity contribution >= 4 is 23.5 Å². The summed E-state index contributed by atoms with van der Waals surface area (Å²) in [5, 5.41) is 0. The van der Waals surface area contributed by atoms with Crippen LogP contribution in [0.25, 0.3) is 0 Å². The fourth-order valence-electron chi connectivity index (χ4n) is 1.83. The summed E-state index contributed by atoms with van der Waals surface area (Å²) < 4.78 is 4.79. The first-order valence-corrected chi connectivity index (χ1v) is 7.24. The van der Waals surface area contributed by atoms with Crippen LogP contribution in [-0.4, -0.2) is 54.4 Å². The van der Waals surface area contributed by atoms with Gasteiger partial charge in [0.1, 0.15) is 5.78 Å². The van der Waals surface area contributed by atoms with Crippen LogP contribution in [0.1, 0.15) is 26.2 Å². The van der Waals surface area contributed by atoms with E-state index < -0.39 is 0 Å². The number of hydrogen-bond donors (Lipinski definition) is 0. The van der Waals surface area contributed by atoms with Gasteiger partial charge in [0, 0.05) is 18.2 Å². The lowest BCUT2D eigenvalue weighted by Crippen LogP contribution is -2.35. The van der Waals surface area contributed by atoms with Gasteiger partial charge in [0.2, 0.25) is 0 Å². The Kier molecular flexibility index (Phi) is 6.58. The van der Waals surface area contributed by atoms with Crippen LogP contribution in [0, 0.1) is 0 Å². The monoisotopic (exact) mass is 259 g/mol. The number of rotatable bonds is 7. The summed E-state index contributed by atoms with van der Waals surface area (Å²) in [6, 6.07) is 0.520. The molecule has 0 aromatic heterocycles. The Labute approximate surface area is 107 Å². The maximum atomic E-state index is 11.7. The predicted molar refractivity (Wildman–Crippen MR) is 69.2 cm³/mol. The minimum absolute atomic E-state index is 0.123. The molecule has 0 spiro atoms. The lowest BCUT2D eigenvalue weighted by molar-refractivity contribution is -0.144. The summed E-state index contributed by atoms with van der Waals surface area (Å²) in [5.41, 5.74) is 0. The van der Waals surface area contributed by atoms with E-state index in [1.807, 2.05) is 18.8 Å². The molecule has 98 valence electrons. The second-order valence-electron chi connectivity index (χ2n) is 4.28. The Morgan fingerprint density at radius 3 is 2.76 bits per heavy atom. The number of thioether (sulfide) groups is 1. The third-order valence-electron chi connectivity index (χ3n) is 2.87. The highest BCUT2D eigenvalue weighted by atomic mass is 32.2. The van der Waals surface area contributed by atoms with Gasteiger partial charge in [-0.2, -0.15) is 11.8 Å². The lowest BCUT2D eigenvalue weighted by atomic mass is 10.2. The number of carbonyl (C=O) groups excluding carboxylic acids is 2. The molecule has 4 nitrogen and oxygen atoms in total. The van der Waals surface area contributed by atoms with Gasteiger partial charge in [0.25, 0.3) is 0 Å². The zero-order valence-electron chi connectivity index (χ0n) is 10.6. The summed E-state index contributed by atoms with van der Waals surface area (Å²) >= 11 is 1.94. The van der Waals surface area contributed by atoms with Gasteiger partial charge in [-0.15, -0.1) is 0 Å². The minimum atomic E-state index is -0.278. The number of carbonyl (C=O) groups is 2. The number of likely N-dealkylation sites (N-methyl/N-ethyl adjacent to an activating group) is 1. The van der Waals surface area contributed by atoms with Crippen molar-refractivity contribution in [1.82, 2.24) is 4.90 Å². The summed E-state index contributed by atoms with van der Waals surface area (Å²) in [6.45, 7) is 2.60. The van der Waals surface area contributed by atoms with E-state index in [0.717, 1.165) is 12.2 Å². The Balaban J connectivity index is 2.17. The third-order valence-corrected chi connectivity index (χ3v) is 4.01. The van der Waals surface area contributed by atoms with E-state index in [1.165, 1.54) is 5.75 Å². The first-order valence-electron chi connectivity index (χ1n) is 6.08. The van der Waals surface area contributed by atoms with Crippen molar-refractivity contribution in [2.24, 2.45) is 0 Å². The van der Waals surface area contributed by atoms with Gasteiger partial charge >= 0.3 is 5.97 Å². The molecule has 1 unspecified atom stereocenters. The highest BCUT2D eigenvalue weighted by Crippen LogP contribution is 2.21. The van der Waals surface area contributed by atoms with E-state index in [-0.39, 0.29) is 18.2 Å². The van der Waals surface area contributed by atoms with E-state index in [4.69, 9.17) is 4.74 Å². The maximum absolute atomic E-state index is 11.7. The molecule has 0 bridgehead atoms. The molecule has 1 heterocycles. The van der Waals surface area contributed by atoms with Crippen LogP contribution < -0.4 is 0 Å². The molecule has 0 aromatic carbocycles. The van der Waals surface area contributed by atoms with Gasteiger partial charge < -0.3 is 4.74 Å². The van der Waals surface area contributed by atoms with E-state index in [9.17, 15) is 9.59 Å². The van der Waals surface area contributed by atoms with Crippen molar-refractivity contribution in [3.05, 3.63) is 0 Å². The number of esters is 1. The van der Waals surface area contributed by atoms with E-state index in [1.54, 1.807) is 6.92 Å². The smallest absolute Gasteiger partial charge is 0.306 e. The van der Waals surface area contributed by atoms with Crippen molar-refractivity contribution in [2.45, 2.75) is 32.2 Å². The molecule has 0 saturated carbocycles. The van der Waals surface area contributed by atoms with Crippen molar-refractivity contribution < 1.29 is 14.3 Å². The molecule has 1 fully saturated rings. The average Bonchev–Trinajstić information content (AvgIpc) is 2.80. The van der Waals surface area contributed by atoms with E-state index >= 15 is 0 Å². The Morgan fingerprint density at radius 2 is 2.18 bits per heavy atom. The number of nitrogens with zero attached hydrogens (tertiary/aromatic N) is 1. The summed E-state index contributed by atoms with van der Waals surface area (Å²) in [6.07, 6.45) is 1.66. The number of Topliss-reactive ketones (excluding diaryl/α,β-unsaturated/α-hetero) is 1. The summed E-state index contributed by atoms with van der Waals surface area (Å²) in [5.74, 6) is 2.14. The van der Waals surface area contributed by atoms with Gasteiger partial charge in [0.15, 0.2) is 0 Å². The minimum Gasteiger partial charge on any atom is -0.466 e. The van der Waals surface area contributed by atoms with Crippen molar-refractivity contribution in [1.29, 1.82) is 0 Å². The Hall–Kier alpha value is -0.550. The number of hydrogen-bond acceptors (Lipinski definition) is 5. The number of ketones is 1. The van der Waals surface area contributed by atoms with Gasteiger partial charge in [0.05, 0.1) is 19.6 Å². The lowest BCUT2D eigenvalue weighted by Gasteiger charge is -2.22. The van der Waals surface area contributed by atoms with Gasteiger partial charge in [-0.25, -0.2) is 0 Å². The molecule has 5 heteroatoms. The van der Waals surface area contributed by atoms with Crippen molar-refractivity contribution in [3.63, 3.8) is 0 Å². The molecule has 1 atom stereocenters. The molecule has 17 heavy (non-hydrogen) atoms. The normalized spacial score (nSPS) is 19.6. The summed E-state index contributed by atoms with van der Waals surface area (Å²) in [4.78, 5) is 24.9.